The van der Waals surface area contributed by atoms with Crippen LogP contribution in [0.5, 0.6) is 11.6 Å². The van der Waals surface area contributed by atoms with Gasteiger partial charge < -0.3 is 4.74 Å². The molecule has 0 amide bonds. The van der Waals surface area contributed by atoms with Gasteiger partial charge in [-0.25, -0.2) is 13.4 Å². The van der Waals surface area contributed by atoms with Crippen molar-refractivity contribution in [3.63, 3.8) is 0 Å². The number of benzene rings is 2. The Morgan fingerprint density at radius 2 is 1.63 bits per heavy atom. The first-order chi connectivity index (χ1) is 14.6. The second-order valence-electron chi connectivity index (χ2n) is 7.47. The fraction of sp³-hybridized carbons (Fsp3) is 0.250. The normalized spacial score (nSPS) is 14.9. The van der Waals surface area contributed by atoms with Gasteiger partial charge in [0.25, 0.3) is 0 Å². The van der Waals surface area contributed by atoms with Gasteiger partial charge in [0.2, 0.25) is 5.88 Å². The van der Waals surface area contributed by atoms with Gasteiger partial charge in [-0.3, -0.25) is 4.79 Å². The maximum Gasteiger partial charge on any atom is 0.219 e. The number of aldehydes is 1. The number of hydrogen-bond acceptors (Lipinski definition) is 5. The summed E-state index contributed by atoms with van der Waals surface area (Å²) in [6.45, 7) is 0. The molecule has 3 aromatic rings. The SMILES string of the molecule is O=Cc1ccccc1-c1ccc(Oc2ccc(S(=O)(=O)C3CCCCC3)cn2)cc1. The molecular formula is C24H23NO4S. The van der Waals surface area contributed by atoms with E-state index in [2.05, 4.69) is 4.98 Å². The van der Waals surface area contributed by atoms with E-state index in [-0.39, 0.29) is 10.1 Å². The van der Waals surface area contributed by atoms with Crippen molar-refractivity contribution in [2.24, 2.45) is 0 Å². The summed E-state index contributed by atoms with van der Waals surface area (Å²) in [5.74, 6) is 0.913. The van der Waals surface area contributed by atoms with Crippen molar-refractivity contribution in [3.8, 4) is 22.8 Å². The lowest BCUT2D eigenvalue weighted by molar-refractivity contribution is 0.112. The number of hydrogen-bond donors (Lipinski definition) is 0. The average Bonchev–Trinajstić information content (AvgIpc) is 2.80. The first-order valence-electron chi connectivity index (χ1n) is 10.1. The van der Waals surface area contributed by atoms with Crippen molar-refractivity contribution in [2.45, 2.75) is 42.2 Å². The molecule has 1 aliphatic carbocycles. The highest BCUT2D eigenvalue weighted by Gasteiger charge is 2.29. The van der Waals surface area contributed by atoms with E-state index in [9.17, 15) is 13.2 Å². The molecule has 1 fully saturated rings. The minimum atomic E-state index is -3.34. The molecule has 0 saturated heterocycles. The smallest absolute Gasteiger partial charge is 0.219 e. The van der Waals surface area contributed by atoms with Gasteiger partial charge in [0.05, 0.1) is 10.1 Å². The van der Waals surface area contributed by atoms with Gasteiger partial charge in [-0.05, 0) is 42.2 Å². The van der Waals surface area contributed by atoms with Crippen LogP contribution < -0.4 is 4.74 Å². The van der Waals surface area contributed by atoms with Crippen LogP contribution in [0.25, 0.3) is 11.1 Å². The quantitative estimate of drug-likeness (QED) is 0.494. The van der Waals surface area contributed by atoms with Gasteiger partial charge in [-0.1, -0.05) is 55.7 Å². The van der Waals surface area contributed by atoms with E-state index >= 15 is 0 Å². The molecule has 0 bridgehead atoms. The molecular weight excluding hydrogens is 398 g/mol. The molecule has 154 valence electrons. The van der Waals surface area contributed by atoms with E-state index < -0.39 is 9.84 Å². The summed E-state index contributed by atoms with van der Waals surface area (Å²) in [7, 11) is -3.34. The average molecular weight is 422 g/mol. The van der Waals surface area contributed by atoms with Crippen LogP contribution in [0.15, 0.2) is 71.8 Å². The van der Waals surface area contributed by atoms with E-state index in [1.807, 2.05) is 30.3 Å². The fourth-order valence-electron chi connectivity index (χ4n) is 3.85. The standard InChI is InChI=1S/C24H23NO4S/c26-17-19-6-4-5-9-23(19)18-10-12-20(13-11-18)29-24-15-14-22(16-25-24)30(27,28)21-7-2-1-3-8-21/h4-6,9-17,21H,1-3,7-8H2. The van der Waals surface area contributed by atoms with Gasteiger partial charge in [0.1, 0.15) is 5.75 Å². The molecule has 0 radical (unpaired) electrons. The first-order valence-corrected chi connectivity index (χ1v) is 11.6. The van der Waals surface area contributed by atoms with Gasteiger partial charge >= 0.3 is 0 Å². The molecule has 1 aromatic heterocycles. The van der Waals surface area contributed by atoms with Crippen LogP contribution >= 0.6 is 0 Å². The molecule has 30 heavy (non-hydrogen) atoms. The number of carbonyl (C=O) groups is 1. The van der Waals surface area contributed by atoms with Crippen LogP contribution in [0.2, 0.25) is 0 Å². The van der Waals surface area contributed by atoms with Crippen LogP contribution in [-0.2, 0) is 9.84 Å². The Morgan fingerprint density at radius 1 is 0.900 bits per heavy atom. The van der Waals surface area contributed by atoms with Crippen molar-refractivity contribution < 1.29 is 17.9 Å². The Kier molecular flexibility index (Phi) is 5.95. The van der Waals surface area contributed by atoms with E-state index in [0.717, 1.165) is 49.5 Å². The lowest BCUT2D eigenvalue weighted by Gasteiger charge is -2.21. The number of nitrogens with zero attached hydrogens (tertiary/aromatic N) is 1. The minimum absolute atomic E-state index is 0.252. The third-order valence-corrected chi connectivity index (χ3v) is 7.75. The Morgan fingerprint density at radius 3 is 2.30 bits per heavy atom. The summed E-state index contributed by atoms with van der Waals surface area (Å²) in [6.07, 6.45) is 6.70. The van der Waals surface area contributed by atoms with Crippen LogP contribution in [0.4, 0.5) is 0 Å². The Bertz CT molecular complexity index is 1120. The summed E-state index contributed by atoms with van der Waals surface area (Å²) in [5.41, 5.74) is 2.39. The second kappa shape index (κ2) is 8.79. The predicted octanol–water partition coefficient (Wildman–Crippen LogP) is 5.46. The fourth-order valence-corrected chi connectivity index (χ4v) is 5.65. The van der Waals surface area contributed by atoms with E-state index in [1.54, 1.807) is 30.3 Å². The highest BCUT2D eigenvalue weighted by atomic mass is 32.2. The van der Waals surface area contributed by atoms with Crippen LogP contribution in [0.1, 0.15) is 42.5 Å². The zero-order valence-corrected chi connectivity index (χ0v) is 17.3. The molecule has 5 nitrogen and oxygen atoms in total. The number of carbonyl (C=O) groups excluding carboxylic acids is 1. The van der Waals surface area contributed by atoms with Gasteiger partial charge in [-0.15, -0.1) is 0 Å². The van der Waals surface area contributed by atoms with E-state index in [1.165, 1.54) is 6.20 Å². The highest BCUT2D eigenvalue weighted by Crippen LogP contribution is 2.30. The Labute approximate surface area is 176 Å². The molecule has 0 unspecified atom stereocenters. The molecule has 0 aliphatic heterocycles. The highest BCUT2D eigenvalue weighted by molar-refractivity contribution is 7.92. The summed E-state index contributed by atoms with van der Waals surface area (Å²) < 4.78 is 31.3. The summed E-state index contributed by atoms with van der Waals surface area (Å²) >= 11 is 0. The number of ether oxygens (including phenoxy) is 1. The van der Waals surface area contributed by atoms with Gasteiger partial charge in [-0.2, -0.15) is 0 Å². The third-order valence-electron chi connectivity index (χ3n) is 5.50. The molecule has 0 N–H and O–H groups in total. The number of aromatic nitrogens is 1. The maximum atomic E-state index is 12.8. The van der Waals surface area contributed by atoms with Crippen molar-refractivity contribution in [1.82, 2.24) is 4.98 Å². The van der Waals surface area contributed by atoms with Gasteiger partial charge in [0.15, 0.2) is 16.1 Å². The maximum absolute atomic E-state index is 12.8. The largest absolute Gasteiger partial charge is 0.439 e. The van der Waals surface area contributed by atoms with Crippen molar-refractivity contribution >= 4 is 16.1 Å². The van der Waals surface area contributed by atoms with Crippen molar-refractivity contribution in [1.29, 1.82) is 0 Å². The molecule has 1 heterocycles. The van der Waals surface area contributed by atoms with Gasteiger partial charge in [0, 0.05) is 17.8 Å². The molecule has 4 rings (SSSR count). The molecule has 2 aromatic carbocycles. The third kappa shape index (κ3) is 4.28. The monoisotopic (exact) mass is 421 g/mol. The summed E-state index contributed by atoms with van der Waals surface area (Å²) in [4.78, 5) is 15.7. The first kappa shape index (κ1) is 20.3. The predicted molar refractivity (Wildman–Crippen MR) is 116 cm³/mol. The minimum Gasteiger partial charge on any atom is -0.439 e. The lowest BCUT2D eigenvalue weighted by Crippen LogP contribution is -2.24. The zero-order chi connectivity index (χ0) is 21.0. The number of pyridine rings is 1. The number of rotatable bonds is 6. The van der Waals surface area contributed by atoms with Crippen LogP contribution in [0, 0.1) is 0 Å². The topological polar surface area (TPSA) is 73.3 Å². The lowest BCUT2D eigenvalue weighted by atomic mass is 10.0. The van der Waals surface area contributed by atoms with E-state index in [4.69, 9.17) is 4.74 Å². The van der Waals surface area contributed by atoms with Crippen LogP contribution in [-0.4, -0.2) is 24.9 Å². The zero-order valence-electron chi connectivity index (χ0n) is 16.5. The Balaban J connectivity index is 1.48. The van der Waals surface area contributed by atoms with E-state index in [0.29, 0.717) is 17.2 Å². The summed E-state index contributed by atoms with van der Waals surface area (Å²) in [6, 6.07) is 17.9. The van der Waals surface area contributed by atoms with Crippen molar-refractivity contribution in [2.75, 3.05) is 0 Å². The number of sulfone groups is 1. The summed E-state index contributed by atoms with van der Waals surface area (Å²) in [5, 5.41) is -0.304. The molecule has 1 saturated carbocycles. The Hall–Kier alpha value is -2.99. The molecule has 6 heteroatoms. The molecule has 1 aliphatic rings. The second-order valence-corrected chi connectivity index (χ2v) is 9.70. The van der Waals surface area contributed by atoms with Crippen LogP contribution in [0.3, 0.4) is 0 Å². The molecule has 0 spiro atoms. The van der Waals surface area contributed by atoms with Crippen molar-refractivity contribution in [3.05, 3.63) is 72.4 Å². The molecule has 0 atom stereocenters.